The molecule has 0 aliphatic carbocycles. The van der Waals surface area contributed by atoms with Crippen LogP contribution in [-0.4, -0.2) is 42.3 Å². The summed E-state index contributed by atoms with van der Waals surface area (Å²) in [6.07, 6.45) is 11.5. The van der Waals surface area contributed by atoms with Gasteiger partial charge < -0.3 is 65.6 Å². The van der Waals surface area contributed by atoms with Crippen molar-refractivity contribution >= 4 is 17.1 Å². The average molecular weight is 609 g/mol. The Labute approximate surface area is 212 Å². The molecule has 3 aromatic heterocycles. The van der Waals surface area contributed by atoms with Crippen molar-refractivity contribution in [3.8, 4) is 0 Å². The lowest BCUT2D eigenvalue weighted by molar-refractivity contribution is -0.378. The van der Waals surface area contributed by atoms with Crippen LogP contribution in [0.4, 0.5) is 17.1 Å². The molecule has 0 radical (unpaired) electrons. The Morgan fingerprint density at radius 1 is 0.400 bits per heavy atom. The Balaban J connectivity index is -0.000000347. The van der Waals surface area contributed by atoms with Crippen LogP contribution in [0, 0.1) is 0 Å². The van der Waals surface area contributed by atoms with Crippen molar-refractivity contribution in [2.45, 2.75) is 0 Å². The normalized spacial score (nSPS) is 8.20. The van der Waals surface area contributed by atoms with E-state index in [0.29, 0.717) is 0 Å². The third kappa shape index (κ3) is 14.3. The second kappa shape index (κ2) is 19.3. The number of nitrogens with zero attached hydrogens (tertiary/aromatic N) is 3. The molecule has 0 bridgehead atoms. The van der Waals surface area contributed by atoms with Gasteiger partial charge in [0.05, 0.1) is 0 Å². The highest BCUT2D eigenvalue weighted by atomic mass is 79.9. The minimum Gasteiger partial charge on any atom is -1.00 e. The van der Waals surface area contributed by atoms with Crippen LogP contribution in [0.1, 0.15) is 0 Å². The number of nitrogens with one attached hydrogen (secondary N) is 3. The zero-order valence-electron chi connectivity index (χ0n) is 18.4. The Morgan fingerprint density at radius 3 is 0.667 bits per heavy atom. The molecule has 0 spiro atoms. The summed E-state index contributed by atoms with van der Waals surface area (Å²) in [5.74, 6) is 0. The first-order valence-electron chi connectivity index (χ1n) is 8.82. The maximum Gasteiger partial charge on any atom is 0.169 e. The van der Waals surface area contributed by atoms with E-state index >= 15 is 0 Å². The van der Waals surface area contributed by atoms with Gasteiger partial charge in [-0.3, -0.25) is 0 Å². The minimum absolute atomic E-state index is 0. The molecule has 9 heteroatoms. The molecule has 3 aromatic rings. The van der Waals surface area contributed by atoms with Crippen LogP contribution in [-0.2, 0) is 0 Å². The topological polar surface area (TPSA) is 52.1 Å². The van der Waals surface area contributed by atoms with Gasteiger partial charge in [0.2, 0.25) is 0 Å². The fourth-order valence-electron chi connectivity index (χ4n) is 2.03. The van der Waals surface area contributed by atoms with Crippen molar-refractivity contribution in [3.05, 3.63) is 73.6 Å². The van der Waals surface area contributed by atoms with E-state index in [-0.39, 0.29) is 50.9 Å². The number of pyridine rings is 3. The van der Waals surface area contributed by atoms with Gasteiger partial charge in [-0.05, 0) is 0 Å². The summed E-state index contributed by atoms with van der Waals surface area (Å²) in [6.45, 7) is 0. The van der Waals surface area contributed by atoms with Crippen molar-refractivity contribution in [2.75, 3.05) is 57.0 Å². The SMILES string of the molecule is CN(C)c1cc[nH+]cc1.CN(C)c1cc[nH+]cc1.CN(C)c1cc[nH+]cc1.[Br-].[Br-].[Br-]. The fourth-order valence-corrected chi connectivity index (χ4v) is 2.03. The second-order valence-corrected chi connectivity index (χ2v) is 6.46. The predicted octanol–water partition coefficient (Wildman–Crippen LogP) is -7.29. The molecule has 0 unspecified atom stereocenters. The van der Waals surface area contributed by atoms with E-state index in [0.717, 1.165) is 0 Å². The summed E-state index contributed by atoms with van der Waals surface area (Å²) in [7, 11) is 12.1. The van der Waals surface area contributed by atoms with E-state index in [1.54, 1.807) is 0 Å². The number of aromatic nitrogens is 3. The van der Waals surface area contributed by atoms with E-state index in [2.05, 4.69) is 29.7 Å². The van der Waals surface area contributed by atoms with Crippen molar-refractivity contribution in [1.82, 2.24) is 0 Å². The molecule has 6 nitrogen and oxygen atoms in total. The molecule has 0 aliphatic heterocycles. The van der Waals surface area contributed by atoms with Crippen molar-refractivity contribution < 1.29 is 65.9 Å². The molecular weight excluding hydrogens is 576 g/mol. The molecule has 3 heterocycles. The first-order chi connectivity index (χ1) is 12.9. The van der Waals surface area contributed by atoms with E-state index in [4.69, 9.17) is 0 Å². The predicted molar refractivity (Wildman–Crippen MR) is 112 cm³/mol. The lowest BCUT2D eigenvalue weighted by atomic mass is 10.4. The van der Waals surface area contributed by atoms with Gasteiger partial charge >= 0.3 is 0 Å². The highest BCUT2D eigenvalue weighted by Crippen LogP contribution is 2.05. The van der Waals surface area contributed by atoms with Crippen LogP contribution < -0.4 is 80.6 Å². The molecule has 30 heavy (non-hydrogen) atoms. The quantitative estimate of drug-likeness (QED) is 0.297. The van der Waals surface area contributed by atoms with Gasteiger partial charge in [0.25, 0.3) is 0 Å². The highest BCUT2D eigenvalue weighted by Gasteiger charge is 1.93. The number of rotatable bonds is 3. The summed E-state index contributed by atoms with van der Waals surface area (Å²) in [4.78, 5) is 15.1. The molecule has 0 fully saturated rings. The van der Waals surface area contributed by atoms with Crippen molar-refractivity contribution in [2.24, 2.45) is 0 Å². The van der Waals surface area contributed by atoms with Gasteiger partial charge in [-0.1, -0.05) is 0 Å². The molecule has 3 rings (SSSR count). The van der Waals surface area contributed by atoms with Crippen LogP contribution in [0.3, 0.4) is 0 Å². The molecule has 0 atom stereocenters. The zero-order valence-corrected chi connectivity index (χ0v) is 23.2. The smallest absolute Gasteiger partial charge is 0.169 e. The number of aromatic amines is 3. The average Bonchev–Trinajstić information content (AvgIpc) is 2.71. The Kier molecular flexibility index (Phi) is 21.2. The van der Waals surface area contributed by atoms with Gasteiger partial charge in [-0.15, -0.1) is 0 Å². The third-order valence-electron chi connectivity index (χ3n) is 3.65. The standard InChI is InChI=1S/3C7H10N2.3BrH/c3*1-9(2)7-3-5-8-6-4-7;;;/h3*3-6H,1-2H3;3*1H. The van der Waals surface area contributed by atoms with Crippen molar-refractivity contribution in [1.29, 1.82) is 0 Å². The van der Waals surface area contributed by atoms with E-state index in [9.17, 15) is 0 Å². The van der Waals surface area contributed by atoms with Crippen LogP contribution in [0.15, 0.2) is 73.6 Å². The number of anilines is 3. The molecule has 0 saturated carbocycles. The summed E-state index contributed by atoms with van der Waals surface area (Å²) < 4.78 is 0. The lowest BCUT2D eigenvalue weighted by Crippen LogP contribution is -3.00. The van der Waals surface area contributed by atoms with Gasteiger partial charge in [0.1, 0.15) is 0 Å². The second-order valence-electron chi connectivity index (χ2n) is 6.46. The Morgan fingerprint density at radius 2 is 0.567 bits per heavy atom. The van der Waals surface area contributed by atoms with Gasteiger partial charge in [0, 0.05) is 95.7 Å². The minimum atomic E-state index is 0. The van der Waals surface area contributed by atoms with Crippen LogP contribution in [0.25, 0.3) is 0 Å². The molecule has 0 aromatic carbocycles. The van der Waals surface area contributed by atoms with E-state index in [1.807, 2.05) is 116 Å². The van der Waals surface area contributed by atoms with Crippen LogP contribution >= 0.6 is 0 Å². The third-order valence-corrected chi connectivity index (χ3v) is 3.65. The van der Waals surface area contributed by atoms with Crippen molar-refractivity contribution in [3.63, 3.8) is 0 Å². The molecular formula is C21H33Br3N6. The summed E-state index contributed by atoms with van der Waals surface area (Å²) in [6, 6.07) is 12.2. The Bertz CT molecular complexity index is 626. The number of halogens is 3. The first-order valence-corrected chi connectivity index (χ1v) is 8.82. The van der Waals surface area contributed by atoms with Crippen LogP contribution in [0.5, 0.6) is 0 Å². The summed E-state index contributed by atoms with van der Waals surface area (Å²) >= 11 is 0. The monoisotopic (exact) mass is 606 g/mol. The van der Waals surface area contributed by atoms with Gasteiger partial charge in [0.15, 0.2) is 37.2 Å². The highest BCUT2D eigenvalue weighted by molar-refractivity contribution is 5.42. The molecule has 0 aliphatic rings. The van der Waals surface area contributed by atoms with E-state index in [1.165, 1.54) is 17.1 Å². The molecule has 0 amide bonds. The fraction of sp³-hybridized carbons (Fsp3) is 0.286. The molecule has 0 saturated heterocycles. The van der Waals surface area contributed by atoms with Crippen LogP contribution in [0.2, 0.25) is 0 Å². The first kappa shape index (κ1) is 32.9. The zero-order chi connectivity index (χ0) is 20.1. The molecule has 3 N–H and O–H groups in total. The largest absolute Gasteiger partial charge is 1.00 e. The van der Waals surface area contributed by atoms with Gasteiger partial charge in [-0.2, -0.15) is 0 Å². The number of hydrogen-bond acceptors (Lipinski definition) is 3. The number of hydrogen-bond donors (Lipinski definition) is 0. The van der Waals surface area contributed by atoms with Gasteiger partial charge in [-0.25, -0.2) is 15.0 Å². The lowest BCUT2D eigenvalue weighted by Gasteiger charge is -2.08. The number of H-pyrrole nitrogens is 3. The maximum atomic E-state index is 2.96. The molecule has 168 valence electrons. The Hall–Kier alpha value is -1.71. The van der Waals surface area contributed by atoms with E-state index < -0.39 is 0 Å². The maximum absolute atomic E-state index is 2.96. The summed E-state index contributed by atoms with van der Waals surface area (Å²) in [5, 5.41) is 0. The summed E-state index contributed by atoms with van der Waals surface area (Å²) in [5.41, 5.74) is 3.65.